The van der Waals surface area contributed by atoms with Gasteiger partial charge in [-0.2, -0.15) is 0 Å². The summed E-state index contributed by atoms with van der Waals surface area (Å²) in [5.74, 6) is 12.7. The molecule has 4 atom stereocenters. The number of amides is 3. The smallest absolute Gasteiger partial charge is 0.335 e. The van der Waals surface area contributed by atoms with Crippen molar-refractivity contribution in [3.05, 3.63) is 221 Å². The molecule has 0 aliphatic heterocycles. The van der Waals surface area contributed by atoms with Crippen molar-refractivity contribution in [1.82, 2.24) is 16.0 Å². The summed E-state index contributed by atoms with van der Waals surface area (Å²) in [6.07, 6.45) is 10.3. The molecule has 6 rings (SSSR count). The fraction of sp³-hybridized carbons (Fsp3) is 0.288. The summed E-state index contributed by atoms with van der Waals surface area (Å²) in [6.45, 7) is 16.2. The summed E-state index contributed by atoms with van der Waals surface area (Å²) in [5.41, 5.74) is 11.0. The molecule has 0 spiro atoms. The standard InChI is InChI=1S/2C21H20N2O5.C15H17NO3.C9H6O2.C7H15NO2.BH.U/c1-14(2)19(21(25)28-3)22-20(24)17-10-6-15(7-11-17)4-5-16-8-12-18(13-9-16)23(26)27;1-14(2)20(19(25)13-24)22-21(26)17-9-5-15(6-10-17)3-4-16-7-11-18(12-8-16)23(27)28;1-5-11-6-8-12(9-7-11)14(17)16-13(10(2)3)15(18)19-4;1-2-7-3-5-8(6-4-7)9(10)11;1-4-10-7(9)6(8)5(2)3;;/h6-14,19H,1-3H3,(H,22,24);5-12,14,20,24H,13H2,1-2H3,(H,22,26);1,6-10,13H,2-4H3,(H,16,17);1,3-6H,(H,10,11);5-6H,4,8H2,1-3H3;1H;/t19-;20-;13-;;6-;;/m000.0../s1/i;;;;;1T;. The number of terminal acetylenes is 2. The van der Waals surface area contributed by atoms with Crippen LogP contribution in [0.3, 0.4) is 0 Å². The van der Waals surface area contributed by atoms with Crippen LogP contribution in [0.5, 0.6) is 0 Å². The van der Waals surface area contributed by atoms with Gasteiger partial charge in [-0.1, -0.05) is 90.9 Å². The Kier molecular flexibility index (Phi) is 39.8. The molecule has 3 amide bonds. The van der Waals surface area contributed by atoms with E-state index in [4.69, 9.17) is 39.6 Å². The van der Waals surface area contributed by atoms with Crippen LogP contribution in [0.1, 0.15) is 137 Å². The molecule has 6 aromatic carbocycles. The quantitative estimate of drug-likeness (QED) is 0.0111. The number of methoxy groups -OCH3 is 2. The average molecular weight is 1560 g/mol. The number of nitro groups is 2. The number of non-ortho nitro benzene ring substituents is 2. The van der Waals surface area contributed by atoms with E-state index in [2.05, 4.69) is 64.6 Å². The Hall–Kier alpha value is -10.6. The molecule has 0 heterocycles. The van der Waals surface area contributed by atoms with Gasteiger partial charge in [0.25, 0.3) is 29.1 Å². The average Bonchev–Trinajstić information content (AvgIpc) is 3.80. The monoisotopic (exact) mass is 1560 g/mol. The number of aliphatic hydroxyl groups excluding tert-OH is 1. The first-order valence-corrected chi connectivity index (χ1v) is 29.7. The Morgan fingerprint density at radius 3 is 0.980 bits per heavy atom. The van der Waals surface area contributed by atoms with Gasteiger partial charge >= 0.3 is 23.9 Å². The maximum absolute atomic E-state index is 12.3. The maximum Gasteiger partial charge on any atom is 0.335 e. The third-order valence-electron chi connectivity index (χ3n) is 13.3. The number of hydrogen-bond donors (Lipinski definition) is 6. The number of carboxylic acids is 1. The minimum absolute atomic E-state index is 0. The molecule has 25 heteroatoms. The number of aliphatic hydroxyl groups is 1. The molecule has 6 aromatic rings. The van der Waals surface area contributed by atoms with E-state index in [0.717, 1.165) is 0 Å². The molecule has 23 nitrogen and oxygen atoms in total. The van der Waals surface area contributed by atoms with Gasteiger partial charge in [0, 0.05) is 114 Å². The molecule has 0 fully saturated rings. The van der Waals surface area contributed by atoms with Crippen LogP contribution in [0.4, 0.5) is 11.4 Å². The number of esters is 3. The van der Waals surface area contributed by atoms with Gasteiger partial charge in [-0.15, -0.1) is 12.8 Å². The third kappa shape index (κ3) is 30.8. The van der Waals surface area contributed by atoms with Crippen LogP contribution in [-0.4, -0.2) is 129 Å². The van der Waals surface area contributed by atoms with Crippen molar-refractivity contribution in [1.29, 1.82) is 1.34 Å². The summed E-state index contributed by atoms with van der Waals surface area (Å²) >= 11 is 0. The number of carbonyl (C=O) groups excluding carboxylic acids is 7. The van der Waals surface area contributed by atoms with Gasteiger partial charge in [-0.3, -0.25) is 44.2 Å². The van der Waals surface area contributed by atoms with Crippen LogP contribution in [0.2, 0.25) is 0 Å². The predicted molar refractivity (Wildman–Crippen MR) is 368 cm³/mol. The summed E-state index contributed by atoms with van der Waals surface area (Å²) in [6, 6.07) is 35.1. The first kappa shape index (κ1) is 85.4. The summed E-state index contributed by atoms with van der Waals surface area (Å²) in [4.78, 5) is 113. The second-order valence-corrected chi connectivity index (χ2v) is 21.8. The number of Topliss-reactive ketones (excluding diaryl/α,β-unsaturated/α-hetero) is 1. The Balaban J connectivity index is 0.00000127. The molecule has 0 aliphatic carbocycles. The molecule has 0 unspecified atom stereocenters. The minimum Gasteiger partial charge on any atom is -0.478 e. The number of nitrogens with zero attached hydrogens (tertiary/aromatic N) is 2. The Morgan fingerprint density at radius 2 is 0.755 bits per heavy atom. The summed E-state index contributed by atoms with van der Waals surface area (Å²) in [5, 5.41) is 46.8. The number of ether oxygens (including phenoxy) is 3. The maximum atomic E-state index is 12.3. The predicted octanol–water partition coefficient (Wildman–Crippen LogP) is 8.08. The van der Waals surface area contributed by atoms with Gasteiger partial charge in [0.2, 0.25) is 0 Å². The number of rotatable bonds is 19. The van der Waals surface area contributed by atoms with Crippen LogP contribution in [0.15, 0.2) is 146 Å². The number of nitro benzene ring substituents is 2. The van der Waals surface area contributed by atoms with Crippen LogP contribution in [-0.2, 0) is 33.4 Å². The second-order valence-electron chi connectivity index (χ2n) is 21.8. The number of carbonyl (C=O) groups is 8. The summed E-state index contributed by atoms with van der Waals surface area (Å²) < 4.78 is 19.3. The first-order chi connectivity index (χ1) is 46.4. The summed E-state index contributed by atoms with van der Waals surface area (Å²) in [7, 11) is 6.33. The molecule has 7 N–H and O–H groups in total. The van der Waals surface area contributed by atoms with Crippen molar-refractivity contribution in [2.75, 3.05) is 27.4 Å². The molecule has 0 bridgehead atoms. The van der Waals surface area contributed by atoms with Crippen LogP contribution in [0, 0.1) is 123 Å². The molecular formula is C73H79BN6O17U. The molecule has 2 radical (unpaired) electrons. The van der Waals surface area contributed by atoms with E-state index < -0.39 is 70.2 Å². The third-order valence-corrected chi connectivity index (χ3v) is 13.3. The van der Waals surface area contributed by atoms with E-state index in [1.165, 1.54) is 50.6 Å². The first-order valence-electron chi connectivity index (χ1n) is 30.3. The topological polar surface area (TPSA) is 353 Å². The minimum atomic E-state index is -0.937. The van der Waals surface area contributed by atoms with Gasteiger partial charge < -0.3 is 46.1 Å². The molecule has 0 saturated heterocycles. The zero-order valence-corrected chi connectivity index (χ0v) is 60.3. The zero-order chi connectivity index (χ0) is 74.2. The van der Waals surface area contributed by atoms with Gasteiger partial charge in [0.15, 0.2) is 5.78 Å². The number of nitrogens with one attached hydrogen (secondary N) is 3. The van der Waals surface area contributed by atoms with E-state index in [9.17, 15) is 58.6 Å². The Bertz CT molecular complexity index is 3700. The number of nitrogens with two attached hydrogens (primary N) is 1. The van der Waals surface area contributed by atoms with Crippen molar-refractivity contribution in [2.45, 2.75) is 86.5 Å². The second kappa shape index (κ2) is 45.7. The van der Waals surface area contributed by atoms with E-state index in [1.54, 1.807) is 130 Å². The van der Waals surface area contributed by atoms with E-state index in [0.29, 0.717) is 56.7 Å². The van der Waals surface area contributed by atoms with Crippen molar-refractivity contribution in [3.8, 4) is 48.4 Å². The van der Waals surface area contributed by atoms with Crippen molar-refractivity contribution >= 4 is 67.1 Å². The van der Waals surface area contributed by atoms with Crippen LogP contribution >= 0.6 is 0 Å². The molecule has 98 heavy (non-hydrogen) atoms. The van der Waals surface area contributed by atoms with Crippen LogP contribution < -0.4 is 21.7 Å². The molecule has 0 saturated carbocycles. The fourth-order valence-electron chi connectivity index (χ4n) is 7.61. The van der Waals surface area contributed by atoms with Crippen LogP contribution in [0.25, 0.3) is 0 Å². The number of benzene rings is 6. The van der Waals surface area contributed by atoms with E-state index in [1.807, 2.05) is 41.5 Å². The van der Waals surface area contributed by atoms with Gasteiger partial charge in [-0.25, -0.2) is 14.4 Å². The molecular weight excluding hydrogens is 1480 g/mol. The molecule has 0 aliphatic rings. The van der Waals surface area contributed by atoms with Gasteiger partial charge in [0.1, 0.15) is 24.7 Å². The van der Waals surface area contributed by atoms with Crippen molar-refractivity contribution < 1.29 is 104 Å². The molecule has 0 aromatic heterocycles. The van der Waals surface area contributed by atoms with E-state index in [-0.39, 0.29) is 89.5 Å². The SMILES string of the molecule is C#Cc1ccc(C(=O)N[C@H](C(=O)OC)C(C)C)cc1.C#Cc1ccc(C(=O)O)cc1.CC(C)[C@H](NC(=O)c1ccc(C#Cc2ccc([N+](=O)[O-])cc2)cc1)C(=O)CO.CCOC(=O)[C@@H](N)C(C)C.COC(=O)[C@@H](NC(=O)c1ccc(C#Cc2ccc([N+](=O)[O-])cc2)cc1)C(C)C.[3H][B].[U]. The van der Waals surface area contributed by atoms with Gasteiger partial charge in [0.05, 0.1) is 42.3 Å². The fourth-order valence-corrected chi connectivity index (χ4v) is 7.61. The zero-order valence-electron chi connectivity index (χ0n) is 57.1. The van der Waals surface area contributed by atoms with Crippen molar-refractivity contribution in [2.24, 2.45) is 29.4 Å². The Labute approximate surface area is 597 Å². The normalized spacial score (nSPS) is 11.0. The molecule has 510 valence electrons. The number of aromatic carboxylic acids is 1. The van der Waals surface area contributed by atoms with E-state index >= 15 is 0 Å². The number of ketones is 1. The number of carboxylic acid groups (broad SMARTS) is 1. The van der Waals surface area contributed by atoms with Crippen molar-refractivity contribution in [3.63, 3.8) is 0 Å². The van der Waals surface area contributed by atoms with Gasteiger partial charge in [-0.05, 0) is 153 Å². The Morgan fingerprint density at radius 1 is 0.490 bits per heavy atom. The largest absolute Gasteiger partial charge is 0.478 e. The number of hydrogen-bond acceptors (Lipinski definition) is 17.